The highest BCUT2D eigenvalue weighted by atomic mass is 32.2. The lowest BCUT2D eigenvalue weighted by Crippen LogP contribution is -2.27. The molecule has 0 N–H and O–H groups in total. The Morgan fingerprint density at radius 2 is 1.65 bits per heavy atom. The summed E-state index contributed by atoms with van der Waals surface area (Å²) in [4.78, 5) is 27.3. The number of aryl methyl sites for hydroxylation is 3. The average Bonchev–Trinajstić information content (AvgIpc) is 3.18. The molecule has 1 fully saturated rings. The van der Waals surface area contributed by atoms with Gasteiger partial charge in [-0.1, -0.05) is 54.6 Å². The molecule has 1 aliphatic rings. The van der Waals surface area contributed by atoms with E-state index in [4.69, 9.17) is 0 Å². The fourth-order valence-corrected chi connectivity index (χ4v) is 4.77. The highest BCUT2D eigenvalue weighted by Gasteiger charge is 2.35. The van der Waals surface area contributed by atoms with E-state index in [1.807, 2.05) is 43.3 Å². The first-order chi connectivity index (χ1) is 14.9. The number of imide groups is 1. The van der Waals surface area contributed by atoms with Gasteiger partial charge in [-0.15, -0.1) is 0 Å². The molecular formula is C26H26N2O2S. The summed E-state index contributed by atoms with van der Waals surface area (Å²) < 4.78 is 2.27. The van der Waals surface area contributed by atoms with Crippen molar-refractivity contribution in [1.29, 1.82) is 0 Å². The number of aromatic nitrogens is 1. The van der Waals surface area contributed by atoms with Gasteiger partial charge in [0.25, 0.3) is 11.1 Å². The van der Waals surface area contributed by atoms with Crippen LogP contribution < -0.4 is 0 Å². The van der Waals surface area contributed by atoms with Crippen LogP contribution in [0.5, 0.6) is 0 Å². The third-order valence-electron chi connectivity index (χ3n) is 5.83. The number of thioether (sulfide) groups is 1. The Balaban J connectivity index is 1.53. The van der Waals surface area contributed by atoms with Gasteiger partial charge in [0.2, 0.25) is 0 Å². The number of benzene rings is 2. The molecule has 3 aromatic rings. The Kier molecular flexibility index (Phi) is 6.14. The van der Waals surface area contributed by atoms with Crippen LogP contribution in [-0.4, -0.2) is 20.6 Å². The third kappa shape index (κ3) is 4.52. The van der Waals surface area contributed by atoms with Gasteiger partial charge in [-0.25, -0.2) is 0 Å². The van der Waals surface area contributed by atoms with Gasteiger partial charge in [-0.3, -0.25) is 14.5 Å². The van der Waals surface area contributed by atoms with Crippen LogP contribution in [0.1, 0.15) is 33.6 Å². The Labute approximate surface area is 187 Å². The fraction of sp³-hybridized carbons (Fsp3) is 0.231. The molecular weight excluding hydrogens is 404 g/mol. The summed E-state index contributed by atoms with van der Waals surface area (Å²) in [5, 5.41) is -0.211. The van der Waals surface area contributed by atoms with Crippen molar-refractivity contribution >= 4 is 29.0 Å². The highest BCUT2D eigenvalue weighted by molar-refractivity contribution is 8.18. The maximum atomic E-state index is 13.0. The van der Waals surface area contributed by atoms with Gasteiger partial charge in [-0.05, 0) is 73.4 Å². The molecule has 2 amide bonds. The minimum Gasteiger partial charge on any atom is -0.348 e. The summed E-state index contributed by atoms with van der Waals surface area (Å²) in [5.74, 6) is -0.215. The van der Waals surface area contributed by atoms with Crippen molar-refractivity contribution in [3.05, 3.63) is 99.2 Å². The zero-order valence-electron chi connectivity index (χ0n) is 18.1. The summed E-state index contributed by atoms with van der Waals surface area (Å²) in [6.07, 6.45) is 2.81. The molecule has 0 spiro atoms. The largest absolute Gasteiger partial charge is 0.348 e. The molecule has 158 valence electrons. The van der Waals surface area contributed by atoms with E-state index in [0.717, 1.165) is 52.8 Å². The SMILES string of the molecule is Cc1ccccc1CN1C(=O)S/C(=C\c2cc(C)n(CCc3ccccc3)c2C)C1=O. The maximum Gasteiger partial charge on any atom is 0.293 e. The maximum absolute atomic E-state index is 13.0. The molecule has 2 aromatic carbocycles. The second-order valence-electron chi connectivity index (χ2n) is 7.91. The van der Waals surface area contributed by atoms with E-state index in [1.54, 1.807) is 0 Å². The van der Waals surface area contributed by atoms with Crippen molar-refractivity contribution in [3.8, 4) is 0 Å². The van der Waals surface area contributed by atoms with Crippen molar-refractivity contribution in [2.45, 2.75) is 40.3 Å². The van der Waals surface area contributed by atoms with Gasteiger partial charge in [0.15, 0.2) is 0 Å². The lowest BCUT2D eigenvalue weighted by atomic mass is 10.1. The van der Waals surface area contributed by atoms with Crippen LogP contribution in [0.4, 0.5) is 4.79 Å². The van der Waals surface area contributed by atoms with E-state index < -0.39 is 0 Å². The Bertz CT molecular complexity index is 1160. The monoisotopic (exact) mass is 430 g/mol. The van der Waals surface area contributed by atoms with Crippen LogP contribution in [0.2, 0.25) is 0 Å². The zero-order chi connectivity index (χ0) is 22.0. The lowest BCUT2D eigenvalue weighted by Gasteiger charge is -2.14. The van der Waals surface area contributed by atoms with Crippen LogP contribution in [0, 0.1) is 20.8 Å². The van der Waals surface area contributed by atoms with Gasteiger partial charge in [0, 0.05) is 17.9 Å². The van der Waals surface area contributed by atoms with Crippen molar-refractivity contribution < 1.29 is 9.59 Å². The molecule has 1 saturated heterocycles. The molecule has 0 radical (unpaired) electrons. The van der Waals surface area contributed by atoms with E-state index in [2.05, 4.69) is 48.7 Å². The quantitative estimate of drug-likeness (QED) is 0.458. The van der Waals surface area contributed by atoms with Crippen LogP contribution in [-0.2, 0) is 24.3 Å². The summed E-state index contributed by atoms with van der Waals surface area (Å²) in [5.41, 5.74) is 6.62. The number of hydrogen-bond acceptors (Lipinski definition) is 3. The van der Waals surface area contributed by atoms with Crippen LogP contribution in [0.3, 0.4) is 0 Å². The normalized spacial score (nSPS) is 15.3. The van der Waals surface area contributed by atoms with Crippen LogP contribution in [0.25, 0.3) is 6.08 Å². The second kappa shape index (κ2) is 8.98. The Morgan fingerprint density at radius 1 is 0.935 bits per heavy atom. The molecule has 5 heteroatoms. The van der Waals surface area contributed by atoms with Crippen molar-refractivity contribution in [3.63, 3.8) is 0 Å². The highest BCUT2D eigenvalue weighted by Crippen LogP contribution is 2.34. The number of rotatable bonds is 6. The second-order valence-corrected chi connectivity index (χ2v) is 8.90. The van der Waals surface area contributed by atoms with Gasteiger partial charge in [-0.2, -0.15) is 0 Å². The van der Waals surface area contributed by atoms with Gasteiger partial charge in [0.1, 0.15) is 0 Å². The van der Waals surface area contributed by atoms with Crippen molar-refractivity contribution in [2.24, 2.45) is 0 Å². The lowest BCUT2D eigenvalue weighted by molar-refractivity contribution is -0.123. The summed E-state index contributed by atoms with van der Waals surface area (Å²) in [7, 11) is 0. The van der Waals surface area contributed by atoms with Gasteiger partial charge in [0.05, 0.1) is 11.4 Å². The summed E-state index contributed by atoms with van der Waals surface area (Å²) in [6.45, 7) is 7.34. The summed E-state index contributed by atoms with van der Waals surface area (Å²) in [6, 6.07) is 20.4. The van der Waals surface area contributed by atoms with E-state index in [9.17, 15) is 9.59 Å². The van der Waals surface area contributed by atoms with E-state index in [0.29, 0.717) is 11.4 Å². The molecule has 1 aromatic heterocycles. The fourth-order valence-electron chi connectivity index (χ4n) is 3.94. The smallest absolute Gasteiger partial charge is 0.293 e. The molecule has 4 rings (SSSR count). The molecule has 31 heavy (non-hydrogen) atoms. The van der Waals surface area contributed by atoms with E-state index in [1.165, 1.54) is 10.5 Å². The molecule has 0 bridgehead atoms. The molecule has 0 unspecified atom stereocenters. The average molecular weight is 431 g/mol. The number of carbonyl (C=O) groups excluding carboxylic acids is 2. The Hall–Kier alpha value is -3.05. The number of hydrogen-bond donors (Lipinski definition) is 0. The minimum atomic E-state index is -0.215. The molecule has 0 saturated carbocycles. The molecule has 4 nitrogen and oxygen atoms in total. The van der Waals surface area contributed by atoms with Gasteiger partial charge >= 0.3 is 0 Å². The predicted molar refractivity (Wildman–Crippen MR) is 127 cm³/mol. The Morgan fingerprint density at radius 3 is 2.39 bits per heavy atom. The summed E-state index contributed by atoms with van der Waals surface area (Å²) >= 11 is 1.03. The van der Waals surface area contributed by atoms with Gasteiger partial charge < -0.3 is 4.57 Å². The van der Waals surface area contributed by atoms with Crippen LogP contribution >= 0.6 is 11.8 Å². The minimum absolute atomic E-state index is 0.211. The molecule has 0 aliphatic carbocycles. The first-order valence-electron chi connectivity index (χ1n) is 10.4. The number of carbonyl (C=O) groups is 2. The van der Waals surface area contributed by atoms with Crippen LogP contribution in [0.15, 0.2) is 65.6 Å². The van der Waals surface area contributed by atoms with Crippen molar-refractivity contribution in [1.82, 2.24) is 9.47 Å². The molecule has 0 atom stereocenters. The first kappa shape index (κ1) is 21.2. The van der Waals surface area contributed by atoms with E-state index in [-0.39, 0.29) is 11.1 Å². The topological polar surface area (TPSA) is 42.3 Å². The van der Waals surface area contributed by atoms with Crippen molar-refractivity contribution in [2.75, 3.05) is 0 Å². The molecule has 1 aliphatic heterocycles. The zero-order valence-corrected chi connectivity index (χ0v) is 18.9. The third-order valence-corrected chi connectivity index (χ3v) is 6.74. The predicted octanol–water partition coefficient (Wildman–Crippen LogP) is 5.89. The molecule has 2 heterocycles. The standard InChI is InChI=1S/C26H26N2O2S/c1-18-9-7-8-12-22(18)17-28-25(29)24(31-26(28)30)16-23-15-19(2)27(20(23)3)14-13-21-10-5-4-6-11-21/h4-12,15-16H,13-14,17H2,1-3H3/b24-16-. The first-order valence-corrected chi connectivity index (χ1v) is 11.3. The number of nitrogens with zero attached hydrogens (tertiary/aromatic N) is 2. The number of amides is 2. The van der Waals surface area contributed by atoms with E-state index >= 15 is 0 Å².